The number of aryl methyl sites for hydroxylation is 1. The van der Waals surface area contributed by atoms with Gasteiger partial charge >= 0.3 is 0 Å². The SMILES string of the molecule is CCCC1CNC(C)CN1Cc1cc(F)ccc1C. The Morgan fingerprint density at radius 2 is 2.21 bits per heavy atom. The summed E-state index contributed by atoms with van der Waals surface area (Å²) in [5.74, 6) is -0.129. The lowest BCUT2D eigenvalue weighted by molar-refractivity contribution is 0.120. The Bertz CT molecular complexity index is 419. The van der Waals surface area contributed by atoms with Crippen molar-refractivity contribution in [2.45, 2.75) is 52.2 Å². The van der Waals surface area contributed by atoms with E-state index in [0.29, 0.717) is 12.1 Å². The predicted octanol–water partition coefficient (Wildman–Crippen LogP) is 3.10. The van der Waals surface area contributed by atoms with Gasteiger partial charge in [-0.25, -0.2) is 4.39 Å². The van der Waals surface area contributed by atoms with E-state index in [9.17, 15) is 4.39 Å². The average Bonchev–Trinajstić information content (AvgIpc) is 2.37. The van der Waals surface area contributed by atoms with Crippen molar-refractivity contribution < 1.29 is 4.39 Å². The van der Waals surface area contributed by atoms with Gasteiger partial charge in [0, 0.05) is 31.7 Å². The topological polar surface area (TPSA) is 15.3 Å². The fourth-order valence-corrected chi connectivity index (χ4v) is 2.87. The van der Waals surface area contributed by atoms with Gasteiger partial charge in [0.25, 0.3) is 0 Å². The molecule has 1 saturated heterocycles. The minimum atomic E-state index is -0.129. The molecule has 0 amide bonds. The molecule has 0 radical (unpaired) electrons. The smallest absolute Gasteiger partial charge is 0.123 e. The molecule has 0 saturated carbocycles. The van der Waals surface area contributed by atoms with Gasteiger partial charge in [-0.2, -0.15) is 0 Å². The Hall–Kier alpha value is -0.930. The van der Waals surface area contributed by atoms with E-state index >= 15 is 0 Å². The molecule has 0 spiro atoms. The lowest BCUT2D eigenvalue weighted by Crippen LogP contribution is -2.54. The van der Waals surface area contributed by atoms with Crippen molar-refractivity contribution in [2.24, 2.45) is 0 Å². The summed E-state index contributed by atoms with van der Waals surface area (Å²) in [5, 5.41) is 3.54. The van der Waals surface area contributed by atoms with E-state index in [1.165, 1.54) is 18.4 Å². The molecule has 1 aromatic carbocycles. The van der Waals surface area contributed by atoms with Crippen molar-refractivity contribution in [1.82, 2.24) is 10.2 Å². The van der Waals surface area contributed by atoms with Gasteiger partial charge in [-0.15, -0.1) is 0 Å². The number of nitrogens with zero attached hydrogens (tertiary/aromatic N) is 1. The summed E-state index contributed by atoms with van der Waals surface area (Å²) in [6.07, 6.45) is 2.40. The quantitative estimate of drug-likeness (QED) is 0.899. The third-order valence-electron chi connectivity index (χ3n) is 4.03. The Morgan fingerprint density at radius 1 is 1.42 bits per heavy atom. The third-order valence-corrected chi connectivity index (χ3v) is 4.03. The van der Waals surface area contributed by atoms with E-state index in [2.05, 4.69) is 31.0 Å². The molecule has 2 unspecified atom stereocenters. The molecule has 0 bridgehead atoms. The van der Waals surface area contributed by atoms with Crippen LogP contribution in [0.4, 0.5) is 4.39 Å². The van der Waals surface area contributed by atoms with Crippen LogP contribution in [0.25, 0.3) is 0 Å². The van der Waals surface area contributed by atoms with Crippen LogP contribution in [0.15, 0.2) is 18.2 Å². The highest BCUT2D eigenvalue weighted by atomic mass is 19.1. The number of piperazine rings is 1. The molecule has 1 heterocycles. The van der Waals surface area contributed by atoms with E-state index < -0.39 is 0 Å². The largest absolute Gasteiger partial charge is 0.311 e. The molecular formula is C16H25FN2. The molecule has 0 aromatic heterocycles. The molecular weight excluding hydrogens is 239 g/mol. The first-order valence-electron chi connectivity index (χ1n) is 7.32. The fraction of sp³-hybridized carbons (Fsp3) is 0.625. The normalized spacial score (nSPS) is 24.6. The van der Waals surface area contributed by atoms with Gasteiger partial charge in [0.05, 0.1) is 0 Å². The van der Waals surface area contributed by atoms with Crippen molar-refractivity contribution in [2.75, 3.05) is 13.1 Å². The molecule has 1 fully saturated rings. The highest BCUT2D eigenvalue weighted by Gasteiger charge is 2.25. The summed E-state index contributed by atoms with van der Waals surface area (Å²) in [6.45, 7) is 9.46. The first-order valence-corrected chi connectivity index (χ1v) is 7.32. The number of hydrogen-bond acceptors (Lipinski definition) is 2. The molecule has 3 heteroatoms. The van der Waals surface area contributed by atoms with Crippen LogP contribution in [0, 0.1) is 12.7 Å². The maximum Gasteiger partial charge on any atom is 0.123 e. The zero-order valence-corrected chi connectivity index (χ0v) is 12.2. The molecule has 2 atom stereocenters. The van der Waals surface area contributed by atoms with E-state index in [1.807, 2.05) is 6.07 Å². The summed E-state index contributed by atoms with van der Waals surface area (Å²) in [4.78, 5) is 2.51. The van der Waals surface area contributed by atoms with Crippen LogP contribution in [0.1, 0.15) is 37.8 Å². The van der Waals surface area contributed by atoms with Crippen molar-refractivity contribution in [3.63, 3.8) is 0 Å². The van der Waals surface area contributed by atoms with E-state index in [4.69, 9.17) is 0 Å². The molecule has 1 aromatic rings. The first-order chi connectivity index (χ1) is 9.10. The summed E-state index contributed by atoms with van der Waals surface area (Å²) >= 11 is 0. The summed E-state index contributed by atoms with van der Waals surface area (Å²) in [5.41, 5.74) is 2.30. The van der Waals surface area contributed by atoms with Crippen molar-refractivity contribution in [1.29, 1.82) is 0 Å². The van der Waals surface area contributed by atoms with Crippen LogP contribution < -0.4 is 5.32 Å². The Balaban J connectivity index is 2.11. The monoisotopic (exact) mass is 264 g/mol. The zero-order chi connectivity index (χ0) is 13.8. The number of hydrogen-bond donors (Lipinski definition) is 1. The fourth-order valence-electron chi connectivity index (χ4n) is 2.87. The second-order valence-electron chi connectivity index (χ2n) is 5.75. The predicted molar refractivity (Wildman–Crippen MR) is 77.7 cm³/mol. The minimum absolute atomic E-state index is 0.129. The standard InChI is InChI=1S/C16H25FN2/c1-4-5-16-9-18-13(3)10-19(16)11-14-8-15(17)7-6-12(14)2/h6-8,13,16,18H,4-5,9-11H2,1-3H3. The van der Waals surface area contributed by atoms with Crippen molar-refractivity contribution in [3.05, 3.63) is 35.1 Å². The highest BCUT2D eigenvalue weighted by molar-refractivity contribution is 5.26. The van der Waals surface area contributed by atoms with Gasteiger partial charge in [-0.05, 0) is 43.5 Å². The number of rotatable bonds is 4. The molecule has 19 heavy (non-hydrogen) atoms. The summed E-state index contributed by atoms with van der Waals surface area (Å²) in [6, 6.07) is 6.20. The van der Waals surface area contributed by atoms with Crippen molar-refractivity contribution >= 4 is 0 Å². The lowest BCUT2D eigenvalue weighted by atomic mass is 10.0. The Labute approximate surface area is 116 Å². The number of halogens is 1. The average molecular weight is 264 g/mol. The second-order valence-corrected chi connectivity index (χ2v) is 5.75. The third kappa shape index (κ3) is 3.77. The van der Waals surface area contributed by atoms with Gasteiger partial charge in [-0.1, -0.05) is 19.4 Å². The molecule has 1 aliphatic rings. The van der Waals surface area contributed by atoms with Crippen LogP contribution >= 0.6 is 0 Å². The van der Waals surface area contributed by atoms with E-state index in [-0.39, 0.29) is 5.82 Å². The minimum Gasteiger partial charge on any atom is -0.311 e. The highest BCUT2D eigenvalue weighted by Crippen LogP contribution is 2.19. The molecule has 2 rings (SSSR count). The van der Waals surface area contributed by atoms with Gasteiger partial charge in [-0.3, -0.25) is 4.90 Å². The summed E-state index contributed by atoms with van der Waals surface area (Å²) < 4.78 is 13.4. The molecule has 1 N–H and O–H groups in total. The van der Waals surface area contributed by atoms with E-state index in [1.54, 1.807) is 12.1 Å². The molecule has 1 aliphatic heterocycles. The maximum absolute atomic E-state index is 13.4. The molecule has 0 aliphatic carbocycles. The van der Waals surface area contributed by atoms with Crippen LogP contribution in [-0.4, -0.2) is 30.1 Å². The van der Waals surface area contributed by atoms with Crippen LogP contribution in [0.3, 0.4) is 0 Å². The molecule has 2 nitrogen and oxygen atoms in total. The van der Waals surface area contributed by atoms with Crippen LogP contribution in [0.5, 0.6) is 0 Å². The number of benzene rings is 1. The second kappa shape index (κ2) is 6.49. The van der Waals surface area contributed by atoms with E-state index in [0.717, 1.165) is 25.2 Å². The zero-order valence-electron chi connectivity index (χ0n) is 12.2. The van der Waals surface area contributed by atoms with Gasteiger partial charge in [0.1, 0.15) is 5.82 Å². The van der Waals surface area contributed by atoms with Crippen molar-refractivity contribution in [3.8, 4) is 0 Å². The first kappa shape index (κ1) is 14.5. The maximum atomic E-state index is 13.4. The van der Waals surface area contributed by atoms with Gasteiger partial charge in [0.15, 0.2) is 0 Å². The van der Waals surface area contributed by atoms with Crippen LogP contribution in [0.2, 0.25) is 0 Å². The van der Waals surface area contributed by atoms with Gasteiger partial charge < -0.3 is 5.32 Å². The Morgan fingerprint density at radius 3 is 2.95 bits per heavy atom. The van der Waals surface area contributed by atoms with Crippen LogP contribution in [-0.2, 0) is 6.54 Å². The summed E-state index contributed by atoms with van der Waals surface area (Å²) in [7, 11) is 0. The molecule has 106 valence electrons. The number of nitrogens with one attached hydrogen (secondary N) is 1. The van der Waals surface area contributed by atoms with Gasteiger partial charge in [0.2, 0.25) is 0 Å². The Kier molecular flexibility index (Phi) is 4.94. The lowest BCUT2D eigenvalue weighted by Gasteiger charge is -2.39.